The molecule has 5 aromatic rings. The number of fused-ring (bicyclic) bond motifs is 2. The van der Waals surface area contributed by atoms with Crippen molar-refractivity contribution in [3.8, 4) is 11.3 Å². The predicted octanol–water partition coefficient (Wildman–Crippen LogP) is 6.43. The SMILES string of the molecule is CC(C)(C)OC(=O)n1ccc2ccc(Cn3cc(-c4cc(NCCCl)cc5c4cnn5C4CCCCO4)nn3)cc21. The first-order valence-electron chi connectivity index (χ1n) is 14.0. The second-order valence-corrected chi connectivity index (χ2v) is 11.7. The van der Waals surface area contributed by atoms with Crippen LogP contribution in [0.15, 0.2) is 55.0 Å². The van der Waals surface area contributed by atoms with Gasteiger partial charge in [-0.2, -0.15) is 5.10 Å². The molecule has 0 radical (unpaired) electrons. The Hall–Kier alpha value is -3.89. The Kier molecular flexibility index (Phi) is 7.44. The summed E-state index contributed by atoms with van der Waals surface area (Å²) in [5.41, 5.74) is 4.79. The van der Waals surface area contributed by atoms with Crippen LogP contribution in [0.1, 0.15) is 51.8 Å². The minimum absolute atomic E-state index is 0.0809. The van der Waals surface area contributed by atoms with Crippen LogP contribution in [-0.2, 0) is 16.0 Å². The summed E-state index contributed by atoms with van der Waals surface area (Å²) in [5.74, 6) is 0.496. The number of hydrogen-bond donors (Lipinski definition) is 1. The molecule has 0 aliphatic carbocycles. The molecule has 0 amide bonds. The molecule has 214 valence electrons. The maximum Gasteiger partial charge on any atom is 0.418 e. The Morgan fingerprint density at radius 3 is 2.83 bits per heavy atom. The number of carbonyl (C=O) groups excluding carboxylic acids is 1. The average molecular weight is 576 g/mol. The monoisotopic (exact) mass is 575 g/mol. The van der Waals surface area contributed by atoms with E-state index >= 15 is 0 Å². The van der Waals surface area contributed by atoms with Crippen LogP contribution in [0.5, 0.6) is 0 Å². The van der Waals surface area contributed by atoms with E-state index in [2.05, 4.69) is 27.8 Å². The van der Waals surface area contributed by atoms with Gasteiger partial charge in [-0.15, -0.1) is 16.7 Å². The Labute approximate surface area is 243 Å². The fraction of sp³-hybridized carbons (Fsp3) is 0.400. The summed E-state index contributed by atoms with van der Waals surface area (Å²) < 4.78 is 16.9. The summed E-state index contributed by atoms with van der Waals surface area (Å²) in [6, 6.07) is 12.1. The quantitative estimate of drug-likeness (QED) is 0.223. The molecule has 10 nitrogen and oxygen atoms in total. The molecule has 1 unspecified atom stereocenters. The van der Waals surface area contributed by atoms with Crippen LogP contribution in [0.25, 0.3) is 33.1 Å². The Morgan fingerprint density at radius 1 is 1.17 bits per heavy atom. The van der Waals surface area contributed by atoms with Crippen molar-refractivity contribution < 1.29 is 14.3 Å². The summed E-state index contributed by atoms with van der Waals surface area (Å²) in [5, 5.41) is 19.0. The van der Waals surface area contributed by atoms with Gasteiger partial charge < -0.3 is 14.8 Å². The summed E-state index contributed by atoms with van der Waals surface area (Å²) in [6.07, 6.45) is 8.20. The van der Waals surface area contributed by atoms with Crippen LogP contribution in [-0.4, -0.2) is 60.1 Å². The van der Waals surface area contributed by atoms with Crippen molar-refractivity contribution in [3.63, 3.8) is 0 Å². The lowest BCUT2D eigenvalue weighted by Crippen LogP contribution is -2.26. The minimum atomic E-state index is -0.579. The van der Waals surface area contributed by atoms with Crippen molar-refractivity contribution in [2.24, 2.45) is 0 Å². The van der Waals surface area contributed by atoms with E-state index in [0.29, 0.717) is 19.0 Å². The number of rotatable bonds is 7. The van der Waals surface area contributed by atoms with Gasteiger partial charge >= 0.3 is 6.09 Å². The van der Waals surface area contributed by atoms with Crippen LogP contribution < -0.4 is 5.32 Å². The number of benzene rings is 2. The number of ether oxygens (including phenoxy) is 2. The number of anilines is 1. The second kappa shape index (κ2) is 11.2. The van der Waals surface area contributed by atoms with Crippen LogP contribution in [0, 0.1) is 0 Å². The molecule has 3 aromatic heterocycles. The zero-order valence-electron chi connectivity index (χ0n) is 23.5. The number of halogens is 1. The van der Waals surface area contributed by atoms with Crippen LogP contribution in [0.4, 0.5) is 10.5 Å². The second-order valence-electron chi connectivity index (χ2n) is 11.3. The maximum atomic E-state index is 12.8. The molecule has 1 aliphatic rings. The van der Waals surface area contributed by atoms with E-state index in [1.807, 2.05) is 62.1 Å². The smallest absolute Gasteiger partial charge is 0.418 e. The molecule has 1 fully saturated rings. The van der Waals surface area contributed by atoms with Crippen LogP contribution in [0.3, 0.4) is 0 Å². The normalized spacial score (nSPS) is 16.0. The van der Waals surface area contributed by atoms with E-state index < -0.39 is 11.7 Å². The lowest BCUT2D eigenvalue weighted by Gasteiger charge is -2.23. The topological polar surface area (TPSA) is 101 Å². The molecule has 1 saturated heterocycles. The molecule has 41 heavy (non-hydrogen) atoms. The van der Waals surface area contributed by atoms with Crippen LogP contribution >= 0.6 is 11.6 Å². The van der Waals surface area contributed by atoms with Crippen molar-refractivity contribution in [2.75, 3.05) is 24.3 Å². The van der Waals surface area contributed by atoms with E-state index in [1.54, 1.807) is 15.4 Å². The fourth-order valence-corrected chi connectivity index (χ4v) is 5.32. The van der Waals surface area contributed by atoms with E-state index in [0.717, 1.165) is 70.2 Å². The van der Waals surface area contributed by atoms with Crippen molar-refractivity contribution in [2.45, 2.75) is 58.4 Å². The molecule has 0 spiro atoms. The molecular formula is C30H34ClN7O3. The molecule has 1 aliphatic heterocycles. The zero-order chi connectivity index (χ0) is 28.6. The number of alkyl halides is 1. The zero-order valence-corrected chi connectivity index (χ0v) is 24.3. The molecule has 2 aromatic carbocycles. The first-order valence-corrected chi connectivity index (χ1v) is 14.5. The maximum absolute atomic E-state index is 12.8. The molecule has 0 bridgehead atoms. The van der Waals surface area contributed by atoms with Gasteiger partial charge in [0.2, 0.25) is 0 Å². The lowest BCUT2D eigenvalue weighted by atomic mass is 10.1. The summed E-state index contributed by atoms with van der Waals surface area (Å²) >= 11 is 5.97. The molecular weight excluding hydrogens is 542 g/mol. The predicted molar refractivity (Wildman–Crippen MR) is 159 cm³/mol. The van der Waals surface area contributed by atoms with Gasteiger partial charge in [0.25, 0.3) is 0 Å². The third-order valence-electron chi connectivity index (χ3n) is 7.08. The summed E-state index contributed by atoms with van der Waals surface area (Å²) in [4.78, 5) is 12.8. The molecule has 0 saturated carbocycles. The third-order valence-corrected chi connectivity index (χ3v) is 7.26. The molecule has 6 rings (SSSR count). The number of carbonyl (C=O) groups is 1. The largest absolute Gasteiger partial charge is 0.443 e. The average Bonchev–Trinajstić information content (AvgIpc) is 3.69. The molecule has 1 N–H and O–H groups in total. The van der Waals surface area contributed by atoms with Crippen molar-refractivity contribution in [1.29, 1.82) is 0 Å². The fourth-order valence-electron chi connectivity index (χ4n) is 5.23. The van der Waals surface area contributed by atoms with Crippen molar-refractivity contribution in [1.82, 2.24) is 29.3 Å². The summed E-state index contributed by atoms with van der Waals surface area (Å²) in [6.45, 7) is 7.45. The van der Waals surface area contributed by atoms with E-state index in [4.69, 9.17) is 26.2 Å². The van der Waals surface area contributed by atoms with Gasteiger partial charge in [0.05, 0.1) is 30.0 Å². The Balaban J connectivity index is 1.31. The first-order chi connectivity index (χ1) is 19.8. The summed E-state index contributed by atoms with van der Waals surface area (Å²) in [7, 11) is 0. The molecule has 11 heteroatoms. The standard InChI is InChI=1S/C30H34ClN7O3/c1-30(2,3)41-29(39)37-12-9-21-8-7-20(14-26(21)37)18-36-19-25(34-35-36)23-15-22(32-11-10-31)16-27-24(23)17-33-38(27)28-6-4-5-13-40-28/h7-9,12,14-17,19,28,32H,4-6,10-11,13,18H2,1-3H3. The number of nitrogens with one attached hydrogen (secondary N) is 1. The molecule has 4 heterocycles. The Morgan fingerprint density at radius 2 is 2.05 bits per heavy atom. The highest BCUT2D eigenvalue weighted by atomic mass is 35.5. The van der Waals surface area contributed by atoms with Crippen molar-refractivity contribution >= 4 is 45.2 Å². The van der Waals surface area contributed by atoms with Gasteiger partial charge in [0, 0.05) is 47.3 Å². The highest BCUT2D eigenvalue weighted by Gasteiger charge is 2.22. The van der Waals surface area contributed by atoms with Gasteiger partial charge in [-0.05, 0) is 69.9 Å². The van der Waals surface area contributed by atoms with Crippen LogP contribution in [0.2, 0.25) is 0 Å². The van der Waals surface area contributed by atoms with E-state index in [9.17, 15) is 4.79 Å². The van der Waals surface area contributed by atoms with E-state index in [1.165, 1.54) is 0 Å². The van der Waals surface area contributed by atoms with E-state index in [-0.39, 0.29) is 6.23 Å². The van der Waals surface area contributed by atoms with Crippen molar-refractivity contribution in [3.05, 3.63) is 60.6 Å². The number of aromatic nitrogens is 6. The van der Waals surface area contributed by atoms with Gasteiger partial charge in [0.15, 0.2) is 6.23 Å². The highest BCUT2D eigenvalue weighted by Crippen LogP contribution is 2.34. The number of hydrogen-bond acceptors (Lipinski definition) is 7. The van der Waals surface area contributed by atoms with Gasteiger partial charge in [-0.25, -0.2) is 14.2 Å². The van der Waals surface area contributed by atoms with Gasteiger partial charge in [-0.3, -0.25) is 4.57 Å². The first kappa shape index (κ1) is 27.3. The van der Waals surface area contributed by atoms with Gasteiger partial charge in [0.1, 0.15) is 11.3 Å². The minimum Gasteiger partial charge on any atom is -0.443 e. The van der Waals surface area contributed by atoms with Gasteiger partial charge in [-0.1, -0.05) is 17.3 Å². The third kappa shape index (κ3) is 5.80. The highest BCUT2D eigenvalue weighted by molar-refractivity contribution is 6.18. The molecule has 1 atom stereocenters. The Bertz CT molecular complexity index is 1690. The number of nitrogens with zero attached hydrogens (tertiary/aromatic N) is 6. The lowest BCUT2D eigenvalue weighted by molar-refractivity contribution is -0.0366.